The van der Waals surface area contributed by atoms with Crippen molar-refractivity contribution >= 4 is 0 Å². The minimum Gasteiger partial charge on any atom is -0.466 e. The number of aromatic nitrogens is 2. The first-order valence-corrected chi connectivity index (χ1v) is 5.84. The topological polar surface area (TPSA) is 51.2 Å². The van der Waals surface area contributed by atoms with Gasteiger partial charge in [-0.05, 0) is 38.5 Å². The highest BCUT2D eigenvalue weighted by molar-refractivity contribution is 5.18. The van der Waals surface area contributed by atoms with Gasteiger partial charge in [0.05, 0.1) is 12.0 Å². The smallest absolute Gasteiger partial charge is 0.135 e. The van der Waals surface area contributed by atoms with Crippen molar-refractivity contribution in [2.45, 2.75) is 39.3 Å². The maximum absolute atomic E-state index is 10.0. The van der Waals surface area contributed by atoms with Crippen LogP contribution in [0.3, 0.4) is 0 Å². The van der Waals surface area contributed by atoms with Crippen LogP contribution in [-0.4, -0.2) is 14.9 Å². The summed E-state index contributed by atoms with van der Waals surface area (Å²) >= 11 is 0. The van der Waals surface area contributed by atoms with E-state index in [2.05, 4.69) is 18.9 Å². The Bertz CT molecular complexity index is 485. The Hall–Kier alpha value is -1.55. The van der Waals surface area contributed by atoms with Crippen LogP contribution in [0.1, 0.15) is 43.0 Å². The summed E-state index contributed by atoms with van der Waals surface area (Å²) in [6.07, 6.45) is 3.39. The molecule has 2 aromatic heterocycles. The van der Waals surface area contributed by atoms with Crippen molar-refractivity contribution in [1.29, 1.82) is 0 Å². The van der Waals surface area contributed by atoms with Gasteiger partial charge in [-0.25, -0.2) is 0 Å². The molecule has 0 saturated heterocycles. The fourth-order valence-corrected chi connectivity index (χ4v) is 1.79. The van der Waals surface area contributed by atoms with E-state index in [9.17, 15) is 5.11 Å². The predicted octanol–water partition coefficient (Wildman–Crippen LogP) is 2.64. The molecule has 92 valence electrons. The maximum atomic E-state index is 10.0. The van der Waals surface area contributed by atoms with Gasteiger partial charge < -0.3 is 9.52 Å². The molecule has 2 aromatic rings. The Morgan fingerprint density at radius 3 is 2.71 bits per heavy atom. The van der Waals surface area contributed by atoms with Gasteiger partial charge in [0.2, 0.25) is 0 Å². The number of hydrogen-bond acceptors (Lipinski definition) is 3. The fourth-order valence-electron chi connectivity index (χ4n) is 1.79. The van der Waals surface area contributed by atoms with E-state index in [1.165, 1.54) is 0 Å². The normalized spacial score (nSPS) is 13.2. The van der Waals surface area contributed by atoms with E-state index in [4.69, 9.17) is 4.42 Å². The van der Waals surface area contributed by atoms with E-state index in [0.29, 0.717) is 18.2 Å². The van der Waals surface area contributed by atoms with Crippen LogP contribution in [0.25, 0.3) is 0 Å². The van der Waals surface area contributed by atoms with Crippen molar-refractivity contribution < 1.29 is 9.52 Å². The second-order valence-corrected chi connectivity index (χ2v) is 4.57. The Morgan fingerprint density at radius 1 is 1.41 bits per heavy atom. The second-order valence-electron chi connectivity index (χ2n) is 4.57. The zero-order valence-electron chi connectivity index (χ0n) is 10.4. The predicted molar refractivity (Wildman–Crippen MR) is 64.7 cm³/mol. The van der Waals surface area contributed by atoms with Gasteiger partial charge in [0.25, 0.3) is 0 Å². The van der Waals surface area contributed by atoms with Gasteiger partial charge >= 0.3 is 0 Å². The standard InChI is InChI=1S/C13H18N2O2/c1-9(2)15-6-4-11(14-15)8-12(16)13-10(3)5-7-17-13/h4-7,9,12,16H,8H2,1-3H3. The molecule has 1 atom stereocenters. The SMILES string of the molecule is Cc1ccoc1C(O)Cc1ccn(C(C)C)n1. The number of hydrogen-bond donors (Lipinski definition) is 1. The van der Waals surface area contributed by atoms with Gasteiger partial charge in [-0.1, -0.05) is 0 Å². The lowest BCUT2D eigenvalue weighted by atomic mass is 10.1. The molecule has 0 aliphatic rings. The van der Waals surface area contributed by atoms with Crippen LogP contribution in [0.5, 0.6) is 0 Å². The van der Waals surface area contributed by atoms with Gasteiger partial charge in [-0.15, -0.1) is 0 Å². The molecular formula is C13H18N2O2. The Balaban J connectivity index is 2.08. The number of aliphatic hydroxyl groups excluding tert-OH is 1. The fraction of sp³-hybridized carbons (Fsp3) is 0.462. The summed E-state index contributed by atoms with van der Waals surface area (Å²) in [6, 6.07) is 4.12. The molecule has 0 aliphatic carbocycles. The summed E-state index contributed by atoms with van der Waals surface area (Å²) in [7, 11) is 0. The third-order valence-corrected chi connectivity index (χ3v) is 2.80. The van der Waals surface area contributed by atoms with Gasteiger partial charge in [0.1, 0.15) is 11.9 Å². The molecule has 1 unspecified atom stereocenters. The minimum absolute atomic E-state index is 0.339. The summed E-state index contributed by atoms with van der Waals surface area (Å²) < 4.78 is 7.15. The lowest BCUT2D eigenvalue weighted by Crippen LogP contribution is -2.05. The van der Waals surface area contributed by atoms with Gasteiger partial charge in [0.15, 0.2) is 0 Å². The van der Waals surface area contributed by atoms with E-state index in [1.54, 1.807) is 6.26 Å². The van der Waals surface area contributed by atoms with Crippen molar-refractivity contribution in [3.63, 3.8) is 0 Å². The van der Waals surface area contributed by atoms with Crippen LogP contribution in [0, 0.1) is 6.92 Å². The van der Waals surface area contributed by atoms with Crippen LogP contribution >= 0.6 is 0 Å². The van der Waals surface area contributed by atoms with E-state index in [0.717, 1.165) is 11.3 Å². The Morgan fingerprint density at radius 2 is 2.18 bits per heavy atom. The van der Waals surface area contributed by atoms with E-state index in [1.807, 2.05) is 29.9 Å². The molecule has 0 bridgehead atoms. The zero-order valence-corrected chi connectivity index (χ0v) is 10.4. The van der Waals surface area contributed by atoms with Gasteiger partial charge in [0, 0.05) is 18.7 Å². The molecule has 0 radical (unpaired) electrons. The average Bonchev–Trinajstić information content (AvgIpc) is 2.86. The number of rotatable bonds is 4. The van der Waals surface area contributed by atoms with Crippen LogP contribution in [0.4, 0.5) is 0 Å². The summed E-state index contributed by atoms with van der Waals surface area (Å²) in [6.45, 7) is 6.07. The summed E-state index contributed by atoms with van der Waals surface area (Å²) in [5.41, 5.74) is 1.85. The van der Waals surface area contributed by atoms with E-state index in [-0.39, 0.29) is 0 Å². The van der Waals surface area contributed by atoms with Gasteiger partial charge in [-0.2, -0.15) is 5.10 Å². The first-order valence-electron chi connectivity index (χ1n) is 5.84. The largest absolute Gasteiger partial charge is 0.466 e. The van der Waals surface area contributed by atoms with Crippen LogP contribution < -0.4 is 0 Å². The van der Waals surface area contributed by atoms with Crippen molar-refractivity contribution in [2.24, 2.45) is 0 Å². The van der Waals surface area contributed by atoms with Crippen LogP contribution in [0.15, 0.2) is 29.0 Å². The summed E-state index contributed by atoms with van der Waals surface area (Å²) in [4.78, 5) is 0. The summed E-state index contributed by atoms with van der Waals surface area (Å²) in [5, 5.41) is 14.5. The molecule has 2 heterocycles. The molecule has 0 spiro atoms. The molecule has 4 nitrogen and oxygen atoms in total. The molecule has 0 saturated carbocycles. The molecular weight excluding hydrogens is 216 g/mol. The van der Waals surface area contributed by atoms with Gasteiger partial charge in [-0.3, -0.25) is 4.68 Å². The molecule has 17 heavy (non-hydrogen) atoms. The third-order valence-electron chi connectivity index (χ3n) is 2.80. The number of nitrogens with zero attached hydrogens (tertiary/aromatic N) is 2. The number of furan rings is 1. The Kier molecular flexibility index (Phi) is 3.33. The monoisotopic (exact) mass is 234 g/mol. The molecule has 1 N–H and O–H groups in total. The quantitative estimate of drug-likeness (QED) is 0.884. The van der Waals surface area contributed by atoms with Crippen molar-refractivity contribution in [2.75, 3.05) is 0 Å². The van der Waals surface area contributed by atoms with Crippen molar-refractivity contribution in [3.8, 4) is 0 Å². The van der Waals surface area contributed by atoms with Crippen molar-refractivity contribution in [3.05, 3.63) is 41.6 Å². The molecule has 0 aliphatic heterocycles. The Labute approximate surface area is 101 Å². The van der Waals surface area contributed by atoms with E-state index >= 15 is 0 Å². The molecule has 2 rings (SSSR count). The second kappa shape index (κ2) is 4.75. The molecule has 0 aromatic carbocycles. The van der Waals surface area contributed by atoms with E-state index < -0.39 is 6.10 Å². The zero-order chi connectivity index (χ0) is 12.4. The number of aliphatic hydroxyl groups is 1. The first kappa shape index (κ1) is 11.9. The minimum atomic E-state index is -0.625. The first-order chi connectivity index (χ1) is 8.08. The highest BCUT2D eigenvalue weighted by atomic mass is 16.4. The average molecular weight is 234 g/mol. The summed E-state index contributed by atoms with van der Waals surface area (Å²) in [5.74, 6) is 0.629. The lowest BCUT2D eigenvalue weighted by Gasteiger charge is -2.07. The third kappa shape index (κ3) is 2.58. The van der Waals surface area contributed by atoms with Crippen molar-refractivity contribution in [1.82, 2.24) is 9.78 Å². The van der Waals surface area contributed by atoms with Crippen LogP contribution in [-0.2, 0) is 6.42 Å². The highest BCUT2D eigenvalue weighted by Crippen LogP contribution is 2.21. The number of aryl methyl sites for hydroxylation is 1. The molecule has 4 heteroatoms. The maximum Gasteiger partial charge on any atom is 0.135 e. The molecule has 0 amide bonds. The lowest BCUT2D eigenvalue weighted by molar-refractivity contribution is 0.148. The van der Waals surface area contributed by atoms with Crippen LogP contribution in [0.2, 0.25) is 0 Å². The highest BCUT2D eigenvalue weighted by Gasteiger charge is 2.16. The molecule has 0 fully saturated rings.